The minimum Gasteiger partial charge on any atom is -0.505 e. The Morgan fingerprint density at radius 1 is 1.24 bits per heavy atom. The molecule has 29 heavy (non-hydrogen) atoms. The van der Waals surface area contributed by atoms with E-state index in [0.717, 1.165) is 23.7 Å². The van der Waals surface area contributed by atoms with Crippen LogP contribution in [-0.2, 0) is 6.42 Å². The van der Waals surface area contributed by atoms with Crippen LogP contribution in [0.2, 0.25) is 10.0 Å². The third-order valence-electron chi connectivity index (χ3n) is 3.75. The summed E-state index contributed by atoms with van der Waals surface area (Å²) in [6.45, 7) is 5.15. The lowest BCUT2D eigenvalue weighted by molar-refractivity contribution is 0.0914. The first-order chi connectivity index (χ1) is 13.2. The van der Waals surface area contributed by atoms with E-state index < -0.39 is 28.5 Å². The third kappa shape index (κ3) is 8.41. The van der Waals surface area contributed by atoms with Crippen molar-refractivity contribution in [1.29, 1.82) is 0 Å². The number of halogens is 3. The molecule has 9 heteroatoms. The summed E-state index contributed by atoms with van der Waals surface area (Å²) in [5.74, 6) is -1.71. The monoisotopic (exact) mass is 464 g/mol. The van der Waals surface area contributed by atoms with Gasteiger partial charge >= 0.3 is 0 Å². The maximum atomic E-state index is 12.3. The number of benzene rings is 2. The number of aromatic hydroxyl groups is 2. The molecule has 6 nitrogen and oxygen atoms in total. The zero-order valence-corrected chi connectivity index (χ0v) is 18.2. The van der Waals surface area contributed by atoms with Crippen LogP contribution in [0.15, 0.2) is 48.7 Å². The van der Waals surface area contributed by atoms with Gasteiger partial charge in [0.2, 0.25) is 0 Å². The molecule has 2 aromatic rings. The van der Waals surface area contributed by atoms with Gasteiger partial charge in [-0.1, -0.05) is 67.0 Å². The van der Waals surface area contributed by atoms with E-state index >= 15 is 0 Å². The molecule has 0 aliphatic rings. The number of hydrogen-bond donors (Lipinski definition) is 5. The standard InChI is InChI=1S/C16H15Cl2NO4.C4H9N.ClH.H2/c17-12-7-11(14(21)13(18)15(12)22)16(23)19-10(8-20)6-9-4-2-1-3-5-9;1-3-4(2)5;;/h1-5,7,10,20-22H,6,8H2,(H,19,23);2-3,5H2,1H3;2*1H/t10-;;;/m0.../s1. The van der Waals surface area contributed by atoms with Crippen LogP contribution >= 0.6 is 35.6 Å². The van der Waals surface area contributed by atoms with Crippen LogP contribution < -0.4 is 11.1 Å². The van der Waals surface area contributed by atoms with Gasteiger partial charge in [-0.15, -0.1) is 12.4 Å². The number of nitrogens with two attached hydrogens (primary N) is 1. The molecule has 0 bridgehead atoms. The number of phenols is 2. The smallest absolute Gasteiger partial charge is 0.255 e. The van der Waals surface area contributed by atoms with E-state index in [1.54, 1.807) is 0 Å². The Bertz CT molecular complexity index is 823. The van der Waals surface area contributed by atoms with Gasteiger partial charge in [0.25, 0.3) is 5.91 Å². The van der Waals surface area contributed by atoms with Gasteiger partial charge in [0.15, 0.2) is 11.5 Å². The van der Waals surface area contributed by atoms with E-state index in [4.69, 9.17) is 28.9 Å². The van der Waals surface area contributed by atoms with Crippen molar-refractivity contribution in [2.75, 3.05) is 6.61 Å². The molecule has 1 atom stereocenters. The summed E-state index contributed by atoms with van der Waals surface area (Å²) in [4.78, 5) is 12.3. The van der Waals surface area contributed by atoms with Gasteiger partial charge in [-0.25, -0.2) is 0 Å². The largest absolute Gasteiger partial charge is 0.505 e. The van der Waals surface area contributed by atoms with E-state index in [2.05, 4.69) is 11.9 Å². The van der Waals surface area contributed by atoms with Crippen molar-refractivity contribution in [3.8, 4) is 11.5 Å². The predicted molar refractivity (Wildman–Crippen MR) is 121 cm³/mol. The average Bonchev–Trinajstić information content (AvgIpc) is 2.69. The van der Waals surface area contributed by atoms with Crippen LogP contribution in [0.5, 0.6) is 11.5 Å². The van der Waals surface area contributed by atoms with E-state index in [-0.39, 0.29) is 31.0 Å². The number of aliphatic hydroxyl groups excluding tert-OH is 1. The van der Waals surface area contributed by atoms with Crippen LogP contribution in [0.1, 0.15) is 30.7 Å². The quantitative estimate of drug-likeness (QED) is 0.437. The Balaban J connectivity index is 0. The first kappa shape index (κ1) is 26.9. The molecule has 0 spiro atoms. The minimum atomic E-state index is -0.652. The molecular weight excluding hydrogens is 439 g/mol. The number of amides is 1. The lowest BCUT2D eigenvalue weighted by atomic mass is 10.1. The zero-order valence-electron chi connectivity index (χ0n) is 15.9. The number of carbonyl (C=O) groups is 1. The molecule has 2 aromatic carbocycles. The van der Waals surface area contributed by atoms with Gasteiger partial charge in [0, 0.05) is 7.12 Å². The summed E-state index contributed by atoms with van der Waals surface area (Å²) in [6.07, 6.45) is 1.31. The molecule has 0 aromatic heterocycles. The second kappa shape index (κ2) is 13.2. The van der Waals surface area contributed by atoms with Crippen LogP contribution in [0.3, 0.4) is 0 Å². The highest BCUT2D eigenvalue weighted by Gasteiger charge is 2.21. The first-order valence-electron chi connectivity index (χ1n) is 8.50. The summed E-state index contributed by atoms with van der Waals surface area (Å²) < 4.78 is 0. The summed E-state index contributed by atoms with van der Waals surface area (Å²) in [7, 11) is 0. The van der Waals surface area contributed by atoms with E-state index in [1.165, 1.54) is 0 Å². The summed E-state index contributed by atoms with van der Waals surface area (Å²) in [5.41, 5.74) is 6.62. The highest BCUT2D eigenvalue weighted by molar-refractivity contribution is 6.38. The molecule has 1 amide bonds. The van der Waals surface area contributed by atoms with E-state index in [9.17, 15) is 20.1 Å². The van der Waals surface area contributed by atoms with E-state index in [1.807, 2.05) is 37.3 Å². The molecule has 0 heterocycles. The van der Waals surface area contributed by atoms with Crippen molar-refractivity contribution in [2.45, 2.75) is 25.8 Å². The third-order valence-corrected chi connectivity index (χ3v) is 4.39. The van der Waals surface area contributed by atoms with Crippen molar-refractivity contribution in [3.05, 3.63) is 69.8 Å². The second-order valence-electron chi connectivity index (χ2n) is 5.97. The molecule has 0 aliphatic carbocycles. The normalized spacial score (nSPS) is 10.8. The molecule has 0 radical (unpaired) electrons. The number of carbonyl (C=O) groups excluding carboxylic acids is 1. The Morgan fingerprint density at radius 2 is 1.79 bits per heavy atom. The molecule has 0 saturated heterocycles. The van der Waals surface area contributed by atoms with Crippen LogP contribution in [-0.4, -0.2) is 33.9 Å². The van der Waals surface area contributed by atoms with E-state index in [0.29, 0.717) is 6.42 Å². The van der Waals surface area contributed by atoms with Gasteiger partial charge in [0.1, 0.15) is 5.02 Å². The second-order valence-corrected chi connectivity index (χ2v) is 6.76. The first-order valence-corrected chi connectivity index (χ1v) is 9.25. The highest BCUT2D eigenvalue weighted by Crippen LogP contribution is 2.40. The van der Waals surface area contributed by atoms with Crippen molar-refractivity contribution < 1.29 is 21.5 Å². The predicted octanol–water partition coefficient (Wildman–Crippen LogP) is 4.27. The highest BCUT2D eigenvalue weighted by atomic mass is 35.5. The Hall–Kier alpha value is -2.12. The number of allylic oxidation sites excluding steroid dienone is 1. The van der Waals surface area contributed by atoms with Gasteiger partial charge in [-0.05, 0) is 24.5 Å². The summed E-state index contributed by atoms with van der Waals surface area (Å²) >= 11 is 11.5. The number of nitrogens with one attached hydrogen (secondary N) is 1. The molecule has 0 fully saturated rings. The van der Waals surface area contributed by atoms with Crippen LogP contribution in [0.4, 0.5) is 0 Å². The molecule has 162 valence electrons. The SMILES string of the molecule is C=C(N)CC.Cl.O=C(N[C@H](CO)Cc1ccccc1)c1cc(Cl)c(O)c(Cl)c1O.[HH]. The maximum absolute atomic E-state index is 12.3. The average molecular weight is 466 g/mol. The minimum absolute atomic E-state index is 0. The molecule has 2 rings (SSSR count). The van der Waals surface area contributed by atoms with Gasteiger partial charge in [-0.3, -0.25) is 4.79 Å². The number of phenolic OH excluding ortho intramolecular Hbond substituents is 2. The van der Waals surface area contributed by atoms with Crippen molar-refractivity contribution >= 4 is 41.5 Å². The molecule has 0 unspecified atom stereocenters. The van der Waals surface area contributed by atoms with Crippen LogP contribution in [0, 0.1) is 0 Å². The fourth-order valence-electron chi connectivity index (χ4n) is 2.09. The van der Waals surface area contributed by atoms with Crippen molar-refractivity contribution in [3.63, 3.8) is 0 Å². The summed E-state index contributed by atoms with van der Waals surface area (Å²) in [5, 5.41) is 30.9. The van der Waals surface area contributed by atoms with Gasteiger partial charge in [0.05, 0.1) is 23.2 Å². The molecular formula is C20H27Cl3N2O4. The molecule has 6 N–H and O–H groups in total. The zero-order chi connectivity index (χ0) is 21.3. The van der Waals surface area contributed by atoms with Crippen molar-refractivity contribution in [1.82, 2.24) is 5.32 Å². The fraction of sp³-hybridized carbons (Fsp3) is 0.250. The summed E-state index contributed by atoms with van der Waals surface area (Å²) in [6, 6.07) is 9.91. The van der Waals surface area contributed by atoms with Gasteiger partial charge < -0.3 is 26.4 Å². The maximum Gasteiger partial charge on any atom is 0.255 e. The van der Waals surface area contributed by atoms with Gasteiger partial charge in [-0.2, -0.15) is 0 Å². The Kier molecular flexibility index (Phi) is 12.2. The van der Waals surface area contributed by atoms with Crippen molar-refractivity contribution in [2.24, 2.45) is 5.73 Å². The number of hydrogen-bond acceptors (Lipinski definition) is 5. The lowest BCUT2D eigenvalue weighted by Gasteiger charge is -2.17. The Morgan fingerprint density at radius 3 is 2.28 bits per heavy atom. The number of rotatable bonds is 6. The molecule has 0 aliphatic heterocycles. The Labute approximate surface area is 187 Å². The molecule has 0 saturated carbocycles. The lowest BCUT2D eigenvalue weighted by Crippen LogP contribution is -2.39. The topological polar surface area (TPSA) is 116 Å². The van der Waals surface area contributed by atoms with Crippen LogP contribution in [0.25, 0.3) is 0 Å². The number of aliphatic hydroxyl groups is 1. The fourth-order valence-corrected chi connectivity index (χ4v) is 2.55.